The lowest BCUT2D eigenvalue weighted by Gasteiger charge is -2.29. The number of halogens is 6. The number of primary amides is 2. The van der Waals surface area contributed by atoms with E-state index in [0.29, 0.717) is 59.1 Å². The lowest BCUT2D eigenvalue weighted by Crippen LogP contribution is -2.29. The lowest BCUT2D eigenvalue weighted by molar-refractivity contribution is -0.139. The Labute approximate surface area is 407 Å². The Morgan fingerprint density at radius 3 is 1.30 bits per heavy atom. The maximum Gasteiger partial charge on any atom is 0.419 e. The number of amides is 2. The molecule has 2 aliphatic rings. The SMILES string of the molecule is CN1CCC(c2ccc(Cc3ncc(C(F)(F)F)c(CCc4nccnc4CC(N)=O)n3)cc2)CC1.NC(=O)Cc1nccnc1CCc1nc(Cc2ccc(C3CCNCC3)cc2)ncc1C(F)(F)F. The van der Waals surface area contributed by atoms with Gasteiger partial charge in [-0.1, -0.05) is 48.5 Å². The van der Waals surface area contributed by atoms with Gasteiger partial charge in [-0.25, -0.2) is 19.9 Å². The van der Waals surface area contributed by atoms with Gasteiger partial charge in [0.1, 0.15) is 11.6 Å². The predicted octanol–water partition coefficient (Wildman–Crippen LogP) is 6.65. The normalized spacial score (nSPS) is 15.0. The zero-order chi connectivity index (χ0) is 50.5. The minimum atomic E-state index is -4.58. The summed E-state index contributed by atoms with van der Waals surface area (Å²) in [7, 11) is 2.13. The number of likely N-dealkylation sites (tertiary alicyclic amines) is 1. The number of nitrogens with two attached hydrogens (primary N) is 2. The molecule has 2 aliphatic heterocycles. The summed E-state index contributed by atoms with van der Waals surface area (Å²) in [6.45, 7) is 4.17. The van der Waals surface area contributed by atoms with E-state index in [4.69, 9.17) is 11.5 Å². The third-order valence-electron chi connectivity index (χ3n) is 12.7. The van der Waals surface area contributed by atoms with E-state index < -0.39 is 35.3 Å². The molecule has 8 rings (SSSR count). The minimum absolute atomic E-state index is 0.0239. The van der Waals surface area contributed by atoms with Crippen molar-refractivity contribution in [3.63, 3.8) is 0 Å². The van der Waals surface area contributed by atoms with E-state index >= 15 is 0 Å². The van der Waals surface area contributed by atoms with Crippen LogP contribution in [0.5, 0.6) is 0 Å². The first kappa shape index (κ1) is 52.0. The second kappa shape index (κ2) is 23.9. The maximum absolute atomic E-state index is 13.7. The van der Waals surface area contributed by atoms with E-state index in [2.05, 4.69) is 81.4 Å². The van der Waals surface area contributed by atoms with Crippen molar-refractivity contribution in [2.75, 3.05) is 33.2 Å². The molecule has 0 aliphatic carbocycles. The van der Waals surface area contributed by atoms with Crippen molar-refractivity contribution >= 4 is 11.8 Å². The molecule has 0 atom stereocenters. The first-order valence-electron chi connectivity index (χ1n) is 23.5. The van der Waals surface area contributed by atoms with Gasteiger partial charge in [0.15, 0.2) is 0 Å². The first-order chi connectivity index (χ1) is 34.0. The van der Waals surface area contributed by atoms with Gasteiger partial charge >= 0.3 is 12.4 Å². The molecule has 0 bridgehead atoms. The molecule has 6 aromatic rings. The van der Waals surface area contributed by atoms with Crippen LogP contribution in [0, 0.1) is 0 Å². The van der Waals surface area contributed by atoms with Gasteiger partial charge in [0.2, 0.25) is 11.8 Å². The average molecular weight is 983 g/mol. The summed E-state index contributed by atoms with van der Waals surface area (Å²) in [6, 6.07) is 16.4. The molecular weight excluding hydrogens is 927 g/mol. The van der Waals surface area contributed by atoms with Crippen LogP contribution < -0.4 is 16.8 Å². The number of benzene rings is 2. The van der Waals surface area contributed by atoms with Crippen LogP contribution in [0.3, 0.4) is 0 Å². The standard InChI is InChI=1S/C26H29F3N6O.C25H27F3N6O/c1-35-12-8-19(9-13-35)18-4-2-17(3-5-18)14-25-33-16-20(26(27,28)29)21(34-25)6-7-22-23(15-24(30)36)32-11-10-31-22;26-25(27,28)19-15-33-24(13-16-1-3-17(4-2-16)18-7-9-30-10-8-18)34-20(19)5-6-21-22(14-23(29)35)32-12-11-31-21/h2-5,10-11,16,19H,6-9,12-15H2,1H3,(H2,30,36);1-4,11-12,15,18,30H,5-10,13-14H2,(H2,29,35). The van der Waals surface area contributed by atoms with Crippen molar-refractivity contribution in [2.45, 2.75) is 101 Å². The number of hydrogen-bond acceptors (Lipinski definition) is 12. The number of carbonyl (C=O) groups excluding carboxylic acids is 2. The van der Waals surface area contributed by atoms with Crippen molar-refractivity contribution in [1.29, 1.82) is 0 Å². The number of piperidine rings is 2. The summed E-state index contributed by atoms with van der Waals surface area (Å²) in [5.74, 6) is 0.530. The second-order valence-corrected chi connectivity index (χ2v) is 17.9. The van der Waals surface area contributed by atoms with Gasteiger partial charge in [-0.3, -0.25) is 29.5 Å². The van der Waals surface area contributed by atoms with Gasteiger partial charge in [0, 0.05) is 50.0 Å². The van der Waals surface area contributed by atoms with Gasteiger partial charge in [-0.05, 0) is 119 Å². The Hall–Kier alpha value is -6.80. The summed E-state index contributed by atoms with van der Waals surface area (Å²) in [5, 5.41) is 3.36. The molecule has 5 N–H and O–H groups in total. The molecule has 0 radical (unpaired) electrons. The van der Waals surface area contributed by atoms with Crippen molar-refractivity contribution < 1.29 is 35.9 Å². The Balaban J connectivity index is 0.000000209. The molecule has 14 nitrogen and oxygen atoms in total. The summed E-state index contributed by atoms with van der Waals surface area (Å²) in [4.78, 5) is 58.0. The van der Waals surface area contributed by atoms with Crippen LogP contribution in [-0.4, -0.2) is 89.8 Å². The van der Waals surface area contributed by atoms with Crippen LogP contribution in [0.4, 0.5) is 26.3 Å². The lowest BCUT2D eigenvalue weighted by atomic mass is 9.89. The van der Waals surface area contributed by atoms with Crippen LogP contribution in [0.25, 0.3) is 0 Å². The fourth-order valence-electron chi connectivity index (χ4n) is 8.93. The number of carbonyl (C=O) groups is 2. The minimum Gasteiger partial charge on any atom is -0.369 e. The summed E-state index contributed by atoms with van der Waals surface area (Å²) >= 11 is 0. The zero-order valence-electron chi connectivity index (χ0n) is 39.3. The van der Waals surface area contributed by atoms with Crippen molar-refractivity contribution in [3.8, 4) is 0 Å². The van der Waals surface area contributed by atoms with Gasteiger partial charge in [0.25, 0.3) is 0 Å². The van der Waals surface area contributed by atoms with Crippen LogP contribution in [0.1, 0.15) is 117 Å². The first-order valence-corrected chi connectivity index (χ1v) is 23.5. The average Bonchev–Trinajstić information content (AvgIpc) is 3.34. The molecule has 2 aromatic carbocycles. The Kier molecular flexibility index (Phi) is 17.5. The molecule has 2 amide bonds. The number of hydrogen-bond donors (Lipinski definition) is 3. The predicted molar refractivity (Wildman–Crippen MR) is 252 cm³/mol. The molecule has 4 aromatic heterocycles. The third-order valence-corrected chi connectivity index (χ3v) is 12.7. The van der Waals surface area contributed by atoms with Crippen LogP contribution in [-0.2, 0) is 73.3 Å². The molecule has 0 saturated carbocycles. The largest absolute Gasteiger partial charge is 0.419 e. The summed E-state index contributed by atoms with van der Waals surface area (Å²) in [5.41, 5.74) is 14.6. The zero-order valence-corrected chi connectivity index (χ0v) is 39.3. The van der Waals surface area contributed by atoms with E-state index in [1.165, 1.54) is 35.9 Å². The maximum atomic E-state index is 13.7. The van der Waals surface area contributed by atoms with Gasteiger partial charge in [-0.15, -0.1) is 0 Å². The molecule has 2 saturated heterocycles. The Morgan fingerprint density at radius 2 is 0.915 bits per heavy atom. The highest BCUT2D eigenvalue weighted by molar-refractivity contribution is 5.76. The van der Waals surface area contributed by atoms with E-state index in [9.17, 15) is 35.9 Å². The highest BCUT2D eigenvalue weighted by atomic mass is 19.4. The highest BCUT2D eigenvalue weighted by Crippen LogP contribution is 2.34. The van der Waals surface area contributed by atoms with Crippen molar-refractivity contribution in [2.24, 2.45) is 11.5 Å². The summed E-state index contributed by atoms with van der Waals surface area (Å²) < 4.78 is 81.9. The van der Waals surface area contributed by atoms with Gasteiger partial charge in [0.05, 0.1) is 58.1 Å². The van der Waals surface area contributed by atoms with Crippen molar-refractivity contribution in [1.82, 2.24) is 50.1 Å². The number of nitrogens with zero attached hydrogens (tertiary/aromatic N) is 9. The second-order valence-electron chi connectivity index (χ2n) is 17.9. The molecule has 0 spiro atoms. The van der Waals surface area contributed by atoms with E-state index in [1.807, 2.05) is 24.3 Å². The van der Waals surface area contributed by atoms with Gasteiger partial charge < -0.3 is 21.7 Å². The number of alkyl halides is 6. The summed E-state index contributed by atoms with van der Waals surface area (Å²) in [6.07, 6.45) is 3.31. The molecule has 20 heteroatoms. The number of rotatable bonds is 16. The van der Waals surface area contributed by atoms with E-state index in [-0.39, 0.29) is 49.9 Å². The van der Waals surface area contributed by atoms with Crippen molar-refractivity contribution in [3.05, 3.63) is 165 Å². The Morgan fingerprint density at radius 1 is 0.549 bits per heavy atom. The topological polar surface area (TPSA) is 205 Å². The molecule has 2 fully saturated rings. The smallest absolute Gasteiger partial charge is 0.369 e. The fourth-order valence-corrected chi connectivity index (χ4v) is 8.93. The van der Waals surface area contributed by atoms with E-state index in [0.717, 1.165) is 75.4 Å². The van der Waals surface area contributed by atoms with Gasteiger partial charge in [-0.2, -0.15) is 26.3 Å². The van der Waals surface area contributed by atoms with E-state index in [1.54, 1.807) is 0 Å². The third kappa shape index (κ3) is 15.1. The molecule has 6 heterocycles. The van der Waals surface area contributed by atoms with Crippen LogP contribution >= 0.6 is 0 Å². The number of aryl methyl sites for hydroxylation is 4. The number of aromatic nitrogens is 8. The van der Waals surface area contributed by atoms with Crippen LogP contribution in [0.15, 0.2) is 85.7 Å². The monoisotopic (exact) mass is 982 g/mol. The Bertz CT molecular complexity index is 2720. The fraction of sp³-hybridized carbons (Fsp3) is 0.412. The highest BCUT2D eigenvalue weighted by Gasteiger charge is 2.36. The molecule has 0 unspecified atom stereocenters. The number of nitrogens with one attached hydrogen (secondary N) is 1. The quantitative estimate of drug-likeness (QED) is 0.0873. The molecule has 374 valence electrons. The molecule has 71 heavy (non-hydrogen) atoms. The molecular formula is C51H56F6N12O2. The van der Waals surface area contributed by atoms with Crippen LogP contribution in [0.2, 0.25) is 0 Å².